The van der Waals surface area contributed by atoms with Gasteiger partial charge < -0.3 is 21.1 Å². The number of nitrogens with two attached hydrogens (primary N) is 1. The molecule has 0 aliphatic carbocycles. The summed E-state index contributed by atoms with van der Waals surface area (Å²) < 4.78 is 5.35. The van der Waals surface area contributed by atoms with E-state index in [-0.39, 0.29) is 6.61 Å². The van der Waals surface area contributed by atoms with Crippen LogP contribution in [0.25, 0.3) is 0 Å². The van der Waals surface area contributed by atoms with E-state index < -0.39 is 5.91 Å². The fourth-order valence-electron chi connectivity index (χ4n) is 1.59. The first kappa shape index (κ1) is 15.8. The number of hydrogen-bond donors (Lipinski definition) is 3. The molecule has 4 N–H and O–H groups in total. The fourth-order valence-corrected chi connectivity index (χ4v) is 1.78. The maximum atomic E-state index is 10.7. The van der Waals surface area contributed by atoms with Crippen LogP contribution in [-0.2, 0) is 11.3 Å². The van der Waals surface area contributed by atoms with Crippen LogP contribution in [0.3, 0.4) is 0 Å². The highest BCUT2D eigenvalue weighted by molar-refractivity contribution is 6.30. The van der Waals surface area contributed by atoms with E-state index in [0.29, 0.717) is 17.3 Å². The molecule has 1 aromatic rings. The Morgan fingerprint density at radius 1 is 1.42 bits per heavy atom. The van der Waals surface area contributed by atoms with E-state index in [2.05, 4.69) is 10.6 Å². The average Bonchev–Trinajstić information content (AvgIpc) is 2.37. The molecule has 0 saturated carbocycles. The second kappa shape index (κ2) is 8.74. The predicted molar refractivity (Wildman–Crippen MR) is 76.4 cm³/mol. The third-order valence-corrected chi connectivity index (χ3v) is 2.72. The molecule has 0 radical (unpaired) electrons. The first-order valence-corrected chi connectivity index (χ1v) is 6.56. The fraction of sp³-hybridized carbons (Fsp3) is 0.462. The van der Waals surface area contributed by atoms with E-state index >= 15 is 0 Å². The highest BCUT2D eigenvalue weighted by Crippen LogP contribution is 2.22. The molecule has 0 aliphatic heterocycles. The average molecular weight is 286 g/mol. The third kappa shape index (κ3) is 6.42. The number of amides is 1. The summed E-state index contributed by atoms with van der Waals surface area (Å²) in [4.78, 5) is 10.7. The highest BCUT2D eigenvalue weighted by atomic mass is 35.5. The van der Waals surface area contributed by atoms with Gasteiger partial charge in [-0.25, -0.2) is 0 Å². The normalized spacial score (nSPS) is 10.4. The number of carbonyl (C=O) groups is 1. The zero-order valence-corrected chi connectivity index (χ0v) is 11.8. The third-order valence-electron chi connectivity index (χ3n) is 2.49. The largest absolute Gasteiger partial charge is 0.483 e. The number of halogens is 1. The maximum absolute atomic E-state index is 10.7. The molecular weight excluding hydrogens is 266 g/mol. The Hall–Kier alpha value is -1.30. The Balaban J connectivity index is 2.53. The van der Waals surface area contributed by atoms with Crippen LogP contribution in [-0.4, -0.2) is 32.7 Å². The second-order valence-corrected chi connectivity index (χ2v) is 4.58. The van der Waals surface area contributed by atoms with Crippen LogP contribution in [0.5, 0.6) is 5.75 Å². The number of nitrogens with one attached hydrogen (secondary N) is 2. The molecule has 19 heavy (non-hydrogen) atoms. The van der Waals surface area contributed by atoms with E-state index in [1.165, 1.54) is 0 Å². The van der Waals surface area contributed by atoms with Crippen molar-refractivity contribution in [2.24, 2.45) is 5.73 Å². The lowest BCUT2D eigenvalue weighted by molar-refractivity contribution is -0.119. The summed E-state index contributed by atoms with van der Waals surface area (Å²) in [6.07, 6.45) is 1.04. The summed E-state index contributed by atoms with van der Waals surface area (Å²) in [5.74, 6) is 0.132. The lowest BCUT2D eigenvalue weighted by Gasteiger charge is -2.11. The van der Waals surface area contributed by atoms with Gasteiger partial charge >= 0.3 is 0 Å². The molecule has 1 aromatic carbocycles. The number of carbonyl (C=O) groups excluding carboxylic acids is 1. The molecule has 0 unspecified atom stereocenters. The van der Waals surface area contributed by atoms with Gasteiger partial charge in [-0.3, -0.25) is 4.79 Å². The predicted octanol–water partition coefficient (Wildman–Crippen LogP) is 0.903. The summed E-state index contributed by atoms with van der Waals surface area (Å²) in [5, 5.41) is 7.02. The van der Waals surface area contributed by atoms with Gasteiger partial charge in [0.1, 0.15) is 5.75 Å². The number of benzene rings is 1. The van der Waals surface area contributed by atoms with Crippen LogP contribution in [0.15, 0.2) is 18.2 Å². The molecule has 0 fully saturated rings. The summed E-state index contributed by atoms with van der Waals surface area (Å²) in [6.45, 7) is 2.36. The van der Waals surface area contributed by atoms with Crippen molar-refractivity contribution in [3.8, 4) is 5.75 Å². The van der Waals surface area contributed by atoms with Gasteiger partial charge in [0.05, 0.1) is 0 Å². The van der Waals surface area contributed by atoms with Crippen molar-refractivity contribution < 1.29 is 9.53 Å². The summed E-state index contributed by atoms with van der Waals surface area (Å²) in [5.41, 5.74) is 5.98. The van der Waals surface area contributed by atoms with E-state index in [1.54, 1.807) is 12.1 Å². The summed E-state index contributed by atoms with van der Waals surface area (Å²) in [7, 11) is 1.92. The van der Waals surface area contributed by atoms with Gasteiger partial charge in [0.2, 0.25) is 0 Å². The molecule has 0 heterocycles. The van der Waals surface area contributed by atoms with Crippen LogP contribution in [0.2, 0.25) is 5.02 Å². The maximum Gasteiger partial charge on any atom is 0.255 e. The Labute approximate surface area is 118 Å². The van der Waals surface area contributed by atoms with Crippen molar-refractivity contribution in [1.82, 2.24) is 10.6 Å². The molecule has 0 saturated heterocycles. The zero-order chi connectivity index (χ0) is 14.1. The van der Waals surface area contributed by atoms with Crippen molar-refractivity contribution in [3.63, 3.8) is 0 Å². The molecule has 0 spiro atoms. The van der Waals surface area contributed by atoms with Gasteiger partial charge in [0.15, 0.2) is 6.61 Å². The van der Waals surface area contributed by atoms with Gasteiger partial charge in [-0.1, -0.05) is 11.6 Å². The lowest BCUT2D eigenvalue weighted by atomic mass is 10.2. The monoisotopic (exact) mass is 285 g/mol. The summed E-state index contributed by atoms with van der Waals surface area (Å²) >= 11 is 5.96. The second-order valence-electron chi connectivity index (χ2n) is 4.14. The Morgan fingerprint density at radius 2 is 2.21 bits per heavy atom. The van der Waals surface area contributed by atoms with E-state index in [1.807, 2.05) is 13.1 Å². The SMILES string of the molecule is CNCCCNCc1cc(Cl)ccc1OCC(N)=O. The summed E-state index contributed by atoms with van der Waals surface area (Å²) in [6, 6.07) is 5.29. The highest BCUT2D eigenvalue weighted by Gasteiger charge is 2.06. The molecule has 0 aromatic heterocycles. The Kier molecular flexibility index (Phi) is 7.25. The van der Waals surface area contributed by atoms with Gasteiger partial charge in [-0.2, -0.15) is 0 Å². The van der Waals surface area contributed by atoms with Crippen molar-refractivity contribution in [2.75, 3.05) is 26.7 Å². The van der Waals surface area contributed by atoms with E-state index in [9.17, 15) is 4.79 Å². The molecule has 1 amide bonds. The molecule has 1 rings (SSSR count). The van der Waals surface area contributed by atoms with E-state index in [0.717, 1.165) is 25.1 Å². The number of hydrogen-bond acceptors (Lipinski definition) is 4. The van der Waals surface area contributed by atoms with Crippen LogP contribution < -0.4 is 21.1 Å². The van der Waals surface area contributed by atoms with Crippen molar-refractivity contribution >= 4 is 17.5 Å². The number of rotatable bonds is 9. The minimum atomic E-state index is -0.497. The minimum absolute atomic E-state index is 0.131. The van der Waals surface area contributed by atoms with Crippen LogP contribution in [0, 0.1) is 0 Å². The van der Waals surface area contributed by atoms with Crippen molar-refractivity contribution in [1.29, 1.82) is 0 Å². The minimum Gasteiger partial charge on any atom is -0.483 e. The molecule has 5 nitrogen and oxygen atoms in total. The molecular formula is C13H20ClN3O2. The molecule has 6 heteroatoms. The first-order valence-electron chi connectivity index (χ1n) is 6.18. The Morgan fingerprint density at radius 3 is 2.89 bits per heavy atom. The molecule has 106 valence electrons. The quantitative estimate of drug-likeness (QED) is 0.589. The van der Waals surface area contributed by atoms with E-state index in [4.69, 9.17) is 22.1 Å². The van der Waals surface area contributed by atoms with Crippen LogP contribution in [0.1, 0.15) is 12.0 Å². The van der Waals surface area contributed by atoms with Crippen LogP contribution >= 0.6 is 11.6 Å². The molecule has 0 bridgehead atoms. The smallest absolute Gasteiger partial charge is 0.255 e. The van der Waals surface area contributed by atoms with Crippen molar-refractivity contribution in [2.45, 2.75) is 13.0 Å². The standard InChI is InChI=1S/C13H20ClN3O2/c1-16-5-2-6-17-8-10-7-11(14)3-4-12(10)19-9-13(15)18/h3-4,7,16-17H,2,5-6,8-9H2,1H3,(H2,15,18). The first-order chi connectivity index (χ1) is 9.13. The van der Waals surface area contributed by atoms with Crippen molar-refractivity contribution in [3.05, 3.63) is 28.8 Å². The van der Waals surface area contributed by atoms with Gasteiger partial charge in [-0.15, -0.1) is 0 Å². The number of ether oxygens (including phenoxy) is 1. The number of primary amides is 1. The molecule has 0 aliphatic rings. The van der Waals surface area contributed by atoms with Crippen LogP contribution in [0.4, 0.5) is 0 Å². The van der Waals surface area contributed by atoms with Gasteiger partial charge in [0, 0.05) is 17.1 Å². The Bertz CT molecular complexity index is 413. The molecule has 0 atom stereocenters. The topological polar surface area (TPSA) is 76.4 Å². The zero-order valence-electron chi connectivity index (χ0n) is 11.0. The lowest BCUT2D eigenvalue weighted by Crippen LogP contribution is -2.22. The van der Waals surface area contributed by atoms with Gasteiger partial charge in [0.25, 0.3) is 5.91 Å². The van der Waals surface area contributed by atoms with Gasteiger partial charge in [-0.05, 0) is 44.8 Å².